The Morgan fingerprint density at radius 1 is 1.00 bits per heavy atom. The van der Waals surface area contributed by atoms with Crippen molar-refractivity contribution in [3.63, 3.8) is 0 Å². The number of nitrogens with one attached hydrogen (secondary N) is 1. The highest BCUT2D eigenvalue weighted by Gasteiger charge is 2.33. The Morgan fingerprint density at radius 2 is 1.76 bits per heavy atom. The van der Waals surface area contributed by atoms with Gasteiger partial charge in [-0.25, -0.2) is 5.06 Å². The van der Waals surface area contributed by atoms with Gasteiger partial charge in [-0.1, -0.05) is 54.6 Å². The number of carbonyl (C=O) groups is 2. The quantitative estimate of drug-likeness (QED) is 0.848. The van der Waals surface area contributed by atoms with Crippen LogP contribution in [0.25, 0.3) is 11.1 Å². The molecule has 6 heteroatoms. The van der Waals surface area contributed by atoms with Crippen LogP contribution in [-0.2, 0) is 21.0 Å². The van der Waals surface area contributed by atoms with E-state index in [-0.39, 0.29) is 18.2 Å². The number of nitrogens with zero attached hydrogens (tertiary/aromatic N) is 2. The summed E-state index contributed by atoms with van der Waals surface area (Å²) in [6, 6.07) is 18.2. The molecule has 2 saturated heterocycles. The molecule has 0 aromatic heterocycles. The maximum atomic E-state index is 12.6. The smallest absolute Gasteiger partial charge is 0.248 e. The molecule has 4 rings (SSSR count). The van der Waals surface area contributed by atoms with Gasteiger partial charge in [-0.15, -0.1) is 0 Å². The first-order valence-corrected chi connectivity index (χ1v) is 10.3. The van der Waals surface area contributed by atoms with Crippen molar-refractivity contribution in [3.8, 4) is 11.1 Å². The molecule has 0 saturated carbocycles. The molecule has 2 aromatic rings. The van der Waals surface area contributed by atoms with E-state index >= 15 is 0 Å². The Kier molecular flexibility index (Phi) is 6.22. The molecule has 2 aliphatic heterocycles. The molecule has 6 nitrogen and oxygen atoms in total. The molecular formula is C23H27N3O3. The van der Waals surface area contributed by atoms with E-state index in [4.69, 9.17) is 4.84 Å². The minimum absolute atomic E-state index is 0.0810. The average Bonchev–Trinajstić information content (AvgIpc) is 2.78. The highest BCUT2D eigenvalue weighted by Crippen LogP contribution is 2.21. The number of piperazine rings is 1. The summed E-state index contributed by atoms with van der Waals surface area (Å²) in [5.41, 5.74) is 3.48. The summed E-state index contributed by atoms with van der Waals surface area (Å²) in [5.74, 6) is -0.196. The van der Waals surface area contributed by atoms with Crippen molar-refractivity contribution in [3.05, 3.63) is 60.2 Å². The monoisotopic (exact) mass is 393 g/mol. The first-order chi connectivity index (χ1) is 14.2. The SMILES string of the molecule is O=C1NCCN(Cc2ccc(-c3ccccc3)cc2)C1CC(=O)N1CCCCO1. The van der Waals surface area contributed by atoms with Crippen LogP contribution in [0.3, 0.4) is 0 Å². The van der Waals surface area contributed by atoms with Gasteiger partial charge in [0.2, 0.25) is 11.8 Å². The van der Waals surface area contributed by atoms with Crippen LogP contribution in [0.2, 0.25) is 0 Å². The zero-order chi connectivity index (χ0) is 20.1. The first-order valence-electron chi connectivity index (χ1n) is 10.3. The number of amides is 2. The molecule has 1 N–H and O–H groups in total. The fraction of sp³-hybridized carbons (Fsp3) is 0.391. The first kappa shape index (κ1) is 19.6. The van der Waals surface area contributed by atoms with Crippen LogP contribution >= 0.6 is 0 Å². The molecule has 2 heterocycles. The molecule has 29 heavy (non-hydrogen) atoms. The fourth-order valence-corrected chi connectivity index (χ4v) is 3.90. The van der Waals surface area contributed by atoms with Gasteiger partial charge in [-0.2, -0.15) is 0 Å². The van der Waals surface area contributed by atoms with Gasteiger partial charge in [-0.3, -0.25) is 19.3 Å². The van der Waals surface area contributed by atoms with Crippen molar-refractivity contribution in [2.24, 2.45) is 0 Å². The highest BCUT2D eigenvalue weighted by atomic mass is 16.7. The second kappa shape index (κ2) is 9.20. The number of benzene rings is 2. The summed E-state index contributed by atoms with van der Waals surface area (Å²) in [6.07, 6.45) is 2.06. The Morgan fingerprint density at radius 3 is 2.48 bits per heavy atom. The van der Waals surface area contributed by atoms with Gasteiger partial charge < -0.3 is 5.32 Å². The second-order valence-electron chi connectivity index (χ2n) is 7.58. The summed E-state index contributed by atoms with van der Waals surface area (Å²) in [5, 5.41) is 4.32. The number of hydroxylamine groups is 2. The largest absolute Gasteiger partial charge is 0.353 e. The molecule has 2 fully saturated rings. The van der Waals surface area contributed by atoms with E-state index in [1.54, 1.807) is 0 Å². The lowest BCUT2D eigenvalue weighted by Gasteiger charge is -2.36. The van der Waals surface area contributed by atoms with E-state index in [0.29, 0.717) is 26.2 Å². The van der Waals surface area contributed by atoms with E-state index in [1.165, 1.54) is 16.2 Å². The molecule has 152 valence electrons. The Balaban J connectivity index is 1.43. The maximum absolute atomic E-state index is 12.6. The molecule has 1 unspecified atom stereocenters. The van der Waals surface area contributed by atoms with Crippen LogP contribution in [0.4, 0.5) is 0 Å². The standard InChI is InChI=1S/C23H27N3O3/c27-22(26-13-4-5-15-29-26)16-21-23(28)24-12-14-25(21)17-18-8-10-20(11-9-18)19-6-2-1-3-7-19/h1-3,6-11,21H,4-5,12-17H2,(H,24,28). The van der Waals surface area contributed by atoms with Crippen LogP contribution in [0.5, 0.6) is 0 Å². The predicted molar refractivity (Wildman–Crippen MR) is 111 cm³/mol. The summed E-state index contributed by atoms with van der Waals surface area (Å²) in [6.45, 7) is 3.15. The summed E-state index contributed by atoms with van der Waals surface area (Å²) in [4.78, 5) is 32.6. The van der Waals surface area contributed by atoms with Crippen LogP contribution in [-0.4, -0.2) is 54.1 Å². The van der Waals surface area contributed by atoms with Gasteiger partial charge in [0.25, 0.3) is 0 Å². The lowest BCUT2D eigenvalue weighted by molar-refractivity contribution is -0.198. The van der Waals surface area contributed by atoms with Gasteiger partial charge in [-0.05, 0) is 29.5 Å². The topological polar surface area (TPSA) is 61.9 Å². The van der Waals surface area contributed by atoms with Crippen molar-refractivity contribution in [1.82, 2.24) is 15.3 Å². The minimum atomic E-state index is -0.462. The molecular weight excluding hydrogens is 366 g/mol. The normalized spacial score (nSPS) is 20.3. The highest BCUT2D eigenvalue weighted by molar-refractivity contribution is 5.88. The Labute approximate surface area is 171 Å². The summed E-state index contributed by atoms with van der Waals surface area (Å²) >= 11 is 0. The van der Waals surface area contributed by atoms with Crippen LogP contribution in [0.1, 0.15) is 24.8 Å². The van der Waals surface area contributed by atoms with Gasteiger partial charge in [0.1, 0.15) is 0 Å². The molecule has 0 bridgehead atoms. The van der Waals surface area contributed by atoms with Gasteiger partial charge in [0, 0.05) is 26.2 Å². The van der Waals surface area contributed by atoms with Crippen LogP contribution in [0.15, 0.2) is 54.6 Å². The van der Waals surface area contributed by atoms with Gasteiger partial charge in [0.05, 0.1) is 19.1 Å². The van der Waals surface area contributed by atoms with Crippen molar-refractivity contribution < 1.29 is 14.4 Å². The maximum Gasteiger partial charge on any atom is 0.248 e. The third-order valence-corrected chi connectivity index (χ3v) is 5.54. The van der Waals surface area contributed by atoms with Crippen molar-refractivity contribution in [2.45, 2.75) is 31.8 Å². The molecule has 0 aliphatic carbocycles. The third-order valence-electron chi connectivity index (χ3n) is 5.54. The van der Waals surface area contributed by atoms with Gasteiger partial charge >= 0.3 is 0 Å². The predicted octanol–water partition coefficient (Wildman–Crippen LogP) is 2.60. The third kappa shape index (κ3) is 4.83. The molecule has 0 radical (unpaired) electrons. The molecule has 2 amide bonds. The summed E-state index contributed by atoms with van der Waals surface area (Å²) < 4.78 is 0. The summed E-state index contributed by atoms with van der Waals surface area (Å²) in [7, 11) is 0. The van der Waals surface area contributed by atoms with E-state index < -0.39 is 6.04 Å². The zero-order valence-corrected chi connectivity index (χ0v) is 16.5. The van der Waals surface area contributed by atoms with E-state index in [9.17, 15) is 9.59 Å². The van der Waals surface area contributed by atoms with E-state index in [2.05, 4.69) is 46.6 Å². The molecule has 2 aromatic carbocycles. The lowest BCUT2D eigenvalue weighted by Crippen LogP contribution is -2.56. The average molecular weight is 393 g/mol. The second-order valence-corrected chi connectivity index (χ2v) is 7.58. The zero-order valence-electron chi connectivity index (χ0n) is 16.5. The number of rotatable bonds is 5. The van der Waals surface area contributed by atoms with Crippen LogP contribution < -0.4 is 5.32 Å². The number of carbonyl (C=O) groups excluding carboxylic acids is 2. The van der Waals surface area contributed by atoms with Crippen molar-refractivity contribution in [2.75, 3.05) is 26.2 Å². The molecule has 2 aliphatic rings. The van der Waals surface area contributed by atoms with E-state index in [1.807, 2.05) is 18.2 Å². The minimum Gasteiger partial charge on any atom is -0.353 e. The lowest BCUT2D eigenvalue weighted by atomic mass is 10.0. The van der Waals surface area contributed by atoms with E-state index in [0.717, 1.165) is 24.9 Å². The van der Waals surface area contributed by atoms with Crippen molar-refractivity contribution in [1.29, 1.82) is 0 Å². The van der Waals surface area contributed by atoms with Gasteiger partial charge in [0.15, 0.2) is 0 Å². The Bertz CT molecular complexity index is 832. The van der Waals surface area contributed by atoms with Crippen molar-refractivity contribution >= 4 is 11.8 Å². The number of hydrogen-bond acceptors (Lipinski definition) is 4. The fourth-order valence-electron chi connectivity index (χ4n) is 3.90. The molecule has 1 atom stereocenters. The Hall–Kier alpha value is -2.70. The van der Waals surface area contributed by atoms with Crippen LogP contribution in [0, 0.1) is 0 Å². The number of hydrogen-bond donors (Lipinski definition) is 1. The molecule has 0 spiro atoms.